The minimum atomic E-state index is 0.381. The first-order valence-electron chi connectivity index (χ1n) is 8.39. The Kier molecular flexibility index (Phi) is 4.94. The van der Waals surface area contributed by atoms with E-state index in [1.54, 1.807) is 0 Å². The van der Waals surface area contributed by atoms with Crippen molar-refractivity contribution >= 4 is 0 Å². The Morgan fingerprint density at radius 1 is 1.00 bits per heavy atom. The fourth-order valence-electron chi connectivity index (χ4n) is 4.34. The Morgan fingerprint density at radius 3 is 2.11 bits per heavy atom. The van der Waals surface area contributed by atoms with Crippen LogP contribution in [0.1, 0.15) is 66.2 Å². The summed E-state index contributed by atoms with van der Waals surface area (Å²) in [5.74, 6) is 1.64. The molecule has 2 rings (SSSR count). The van der Waals surface area contributed by atoms with Crippen molar-refractivity contribution in [1.29, 1.82) is 0 Å². The molecule has 3 unspecified atom stereocenters. The predicted molar refractivity (Wildman–Crippen MR) is 83.1 cm³/mol. The van der Waals surface area contributed by atoms with Gasteiger partial charge >= 0.3 is 0 Å². The van der Waals surface area contributed by atoms with Gasteiger partial charge in [-0.1, -0.05) is 33.6 Å². The summed E-state index contributed by atoms with van der Waals surface area (Å²) in [7, 11) is 0. The maximum Gasteiger partial charge on any atom is 0.0128 e. The maximum absolute atomic E-state index is 6.07. The maximum atomic E-state index is 6.07. The van der Waals surface area contributed by atoms with Crippen LogP contribution in [0.15, 0.2) is 0 Å². The molecule has 1 saturated heterocycles. The molecular formula is C17H34N2. The minimum absolute atomic E-state index is 0.381. The molecule has 2 heteroatoms. The molecule has 112 valence electrons. The van der Waals surface area contributed by atoms with Crippen molar-refractivity contribution in [3.8, 4) is 0 Å². The summed E-state index contributed by atoms with van der Waals surface area (Å²) in [5.41, 5.74) is 6.53. The minimum Gasteiger partial charge on any atom is -0.328 e. The van der Waals surface area contributed by atoms with Gasteiger partial charge in [-0.05, 0) is 62.9 Å². The Balaban J connectivity index is 1.96. The smallest absolute Gasteiger partial charge is 0.0128 e. The molecule has 1 aliphatic heterocycles. The van der Waals surface area contributed by atoms with E-state index in [0.717, 1.165) is 17.9 Å². The van der Waals surface area contributed by atoms with Crippen molar-refractivity contribution in [2.24, 2.45) is 23.0 Å². The van der Waals surface area contributed by atoms with E-state index in [9.17, 15) is 0 Å². The summed E-state index contributed by atoms with van der Waals surface area (Å²) in [6, 6.07) is 1.22. The molecule has 0 aromatic carbocycles. The average molecular weight is 266 g/mol. The quantitative estimate of drug-likeness (QED) is 0.826. The van der Waals surface area contributed by atoms with Crippen molar-refractivity contribution < 1.29 is 0 Å². The number of nitrogens with two attached hydrogens (primary N) is 1. The number of nitrogens with zero attached hydrogens (tertiary/aromatic N) is 1. The fourth-order valence-corrected chi connectivity index (χ4v) is 4.34. The van der Waals surface area contributed by atoms with Gasteiger partial charge in [0.2, 0.25) is 0 Å². The van der Waals surface area contributed by atoms with Crippen molar-refractivity contribution in [2.45, 2.75) is 78.3 Å². The number of piperidine rings is 1. The van der Waals surface area contributed by atoms with E-state index in [-0.39, 0.29) is 0 Å². The third kappa shape index (κ3) is 3.72. The highest BCUT2D eigenvalue weighted by Crippen LogP contribution is 2.41. The fraction of sp³-hybridized carbons (Fsp3) is 1.00. The average Bonchev–Trinajstić information content (AvgIpc) is 2.38. The molecule has 1 saturated carbocycles. The summed E-state index contributed by atoms with van der Waals surface area (Å²) in [4.78, 5) is 2.80. The van der Waals surface area contributed by atoms with Gasteiger partial charge in [0.15, 0.2) is 0 Å². The second kappa shape index (κ2) is 6.13. The summed E-state index contributed by atoms with van der Waals surface area (Å²) in [5, 5.41) is 0. The molecular weight excluding hydrogens is 232 g/mol. The molecule has 0 bridgehead atoms. The lowest BCUT2D eigenvalue weighted by Gasteiger charge is -2.48. The highest BCUT2D eigenvalue weighted by atomic mass is 15.2. The lowest BCUT2D eigenvalue weighted by atomic mass is 9.68. The second-order valence-electron chi connectivity index (χ2n) is 8.06. The van der Waals surface area contributed by atoms with Crippen LogP contribution in [0.25, 0.3) is 0 Å². The van der Waals surface area contributed by atoms with Gasteiger partial charge in [0.1, 0.15) is 0 Å². The zero-order valence-electron chi connectivity index (χ0n) is 13.5. The lowest BCUT2D eigenvalue weighted by molar-refractivity contribution is 0.0193. The van der Waals surface area contributed by atoms with Crippen LogP contribution in [0.2, 0.25) is 0 Å². The zero-order chi connectivity index (χ0) is 14.0. The van der Waals surface area contributed by atoms with Crippen LogP contribution in [-0.4, -0.2) is 30.1 Å². The molecule has 1 heterocycles. The van der Waals surface area contributed by atoms with Crippen LogP contribution < -0.4 is 5.73 Å². The van der Waals surface area contributed by atoms with Crippen molar-refractivity contribution in [1.82, 2.24) is 4.90 Å². The number of rotatable bonds is 2. The lowest BCUT2D eigenvalue weighted by Crippen LogP contribution is -2.51. The molecule has 0 aromatic heterocycles. The Hall–Kier alpha value is -0.0800. The van der Waals surface area contributed by atoms with E-state index in [2.05, 4.69) is 32.6 Å². The van der Waals surface area contributed by atoms with Crippen LogP contribution in [0.5, 0.6) is 0 Å². The van der Waals surface area contributed by atoms with Crippen LogP contribution in [0.4, 0.5) is 0 Å². The van der Waals surface area contributed by atoms with Crippen LogP contribution in [0.3, 0.4) is 0 Å². The van der Waals surface area contributed by atoms with Gasteiger partial charge in [-0.15, -0.1) is 0 Å². The molecule has 3 atom stereocenters. The second-order valence-corrected chi connectivity index (χ2v) is 8.06. The standard InChI is InChI=1S/C17H34N2/c1-13(18)14-9-11-19(12-10-14)16-8-6-5-7-15(16)17(2,3)4/h13-16H,5-12,18H2,1-4H3. The number of hydrogen-bond acceptors (Lipinski definition) is 2. The van der Waals surface area contributed by atoms with Crippen molar-refractivity contribution in [2.75, 3.05) is 13.1 Å². The van der Waals surface area contributed by atoms with Gasteiger partial charge in [0, 0.05) is 12.1 Å². The number of hydrogen-bond donors (Lipinski definition) is 1. The summed E-state index contributed by atoms with van der Waals surface area (Å²) in [6.45, 7) is 12.0. The van der Waals surface area contributed by atoms with Gasteiger partial charge in [-0.3, -0.25) is 0 Å². The van der Waals surface area contributed by atoms with Gasteiger partial charge in [-0.2, -0.15) is 0 Å². The van der Waals surface area contributed by atoms with Crippen molar-refractivity contribution in [3.05, 3.63) is 0 Å². The predicted octanol–water partition coefficient (Wildman–Crippen LogP) is 3.65. The molecule has 0 aromatic rings. The van der Waals surface area contributed by atoms with E-state index < -0.39 is 0 Å². The monoisotopic (exact) mass is 266 g/mol. The molecule has 19 heavy (non-hydrogen) atoms. The molecule has 2 nitrogen and oxygen atoms in total. The van der Waals surface area contributed by atoms with E-state index in [1.807, 2.05) is 0 Å². The molecule has 2 fully saturated rings. The molecule has 2 N–H and O–H groups in total. The van der Waals surface area contributed by atoms with E-state index in [0.29, 0.717) is 11.5 Å². The summed E-state index contributed by atoms with van der Waals surface area (Å²) < 4.78 is 0. The Morgan fingerprint density at radius 2 is 1.58 bits per heavy atom. The van der Waals surface area contributed by atoms with Gasteiger partial charge in [0.05, 0.1) is 0 Å². The molecule has 0 radical (unpaired) electrons. The first-order valence-corrected chi connectivity index (χ1v) is 8.39. The van der Waals surface area contributed by atoms with Crippen LogP contribution >= 0.6 is 0 Å². The van der Waals surface area contributed by atoms with Gasteiger partial charge in [0.25, 0.3) is 0 Å². The van der Waals surface area contributed by atoms with Crippen molar-refractivity contribution in [3.63, 3.8) is 0 Å². The highest BCUT2D eigenvalue weighted by molar-refractivity contribution is 4.91. The summed E-state index contributed by atoms with van der Waals surface area (Å²) in [6.07, 6.45) is 8.35. The summed E-state index contributed by atoms with van der Waals surface area (Å²) >= 11 is 0. The first-order chi connectivity index (χ1) is 8.89. The Labute approximate surface area is 120 Å². The topological polar surface area (TPSA) is 29.3 Å². The number of likely N-dealkylation sites (tertiary alicyclic amines) is 1. The SMILES string of the molecule is CC(N)C1CCN(C2CCCCC2C(C)(C)C)CC1. The van der Waals surface area contributed by atoms with E-state index >= 15 is 0 Å². The largest absolute Gasteiger partial charge is 0.328 e. The van der Waals surface area contributed by atoms with Crippen LogP contribution in [-0.2, 0) is 0 Å². The third-order valence-corrected chi connectivity index (χ3v) is 5.63. The normalized spacial score (nSPS) is 33.3. The molecule has 2 aliphatic rings. The first kappa shape index (κ1) is 15.3. The molecule has 0 amide bonds. The zero-order valence-corrected chi connectivity index (χ0v) is 13.5. The van der Waals surface area contributed by atoms with Gasteiger partial charge < -0.3 is 10.6 Å². The van der Waals surface area contributed by atoms with E-state index in [4.69, 9.17) is 5.73 Å². The van der Waals surface area contributed by atoms with E-state index in [1.165, 1.54) is 51.6 Å². The van der Waals surface area contributed by atoms with Gasteiger partial charge in [-0.25, -0.2) is 0 Å². The molecule has 1 aliphatic carbocycles. The Bertz CT molecular complexity index is 271. The molecule has 0 spiro atoms. The third-order valence-electron chi connectivity index (χ3n) is 5.63. The highest BCUT2D eigenvalue weighted by Gasteiger charge is 2.38. The van der Waals surface area contributed by atoms with Crippen LogP contribution in [0, 0.1) is 17.3 Å².